The topological polar surface area (TPSA) is 63.4 Å². The van der Waals surface area contributed by atoms with Gasteiger partial charge >= 0.3 is 0 Å². The summed E-state index contributed by atoms with van der Waals surface area (Å²) in [5.41, 5.74) is 11.1. The zero-order valence-corrected chi connectivity index (χ0v) is 17.3. The van der Waals surface area contributed by atoms with Crippen molar-refractivity contribution in [2.45, 2.75) is 65.3 Å². The van der Waals surface area contributed by atoms with Gasteiger partial charge in [-0.1, -0.05) is 0 Å². The molecule has 1 atom stereocenters. The van der Waals surface area contributed by atoms with Gasteiger partial charge in [0, 0.05) is 19.1 Å². The largest absolute Gasteiger partial charge is 0.328 e. The van der Waals surface area contributed by atoms with Crippen molar-refractivity contribution >= 4 is 22.4 Å². The summed E-state index contributed by atoms with van der Waals surface area (Å²) in [6.45, 7) is 13.1. The highest BCUT2D eigenvalue weighted by molar-refractivity contribution is 7.89. The van der Waals surface area contributed by atoms with Gasteiger partial charge in [-0.05, 0) is 88.1 Å². The van der Waals surface area contributed by atoms with E-state index in [2.05, 4.69) is 6.92 Å². The Morgan fingerprint density at radius 2 is 1.29 bits per heavy atom. The summed E-state index contributed by atoms with van der Waals surface area (Å²) in [4.78, 5) is 0.511. The van der Waals surface area contributed by atoms with Crippen molar-refractivity contribution in [1.82, 2.24) is 4.31 Å². The molecule has 0 radical (unpaired) electrons. The van der Waals surface area contributed by atoms with Crippen molar-refractivity contribution in [2.75, 3.05) is 13.1 Å². The van der Waals surface area contributed by atoms with Gasteiger partial charge < -0.3 is 5.73 Å². The van der Waals surface area contributed by atoms with Crippen LogP contribution in [0, 0.1) is 40.5 Å². The highest BCUT2D eigenvalue weighted by Gasteiger charge is 2.33. The maximum absolute atomic E-state index is 13.2. The predicted molar refractivity (Wildman–Crippen MR) is 103 cm³/mol. The Balaban J connectivity index is 0.00000288. The molecule has 1 aliphatic heterocycles. The number of sulfonamides is 1. The number of hydrogen-bond acceptors (Lipinski definition) is 3. The minimum absolute atomic E-state index is 0. The predicted octanol–water partition coefficient (Wildman–Crippen LogP) is 3.40. The van der Waals surface area contributed by atoms with E-state index in [1.54, 1.807) is 4.31 Å². The summed E-state index contributed by atoms with van der Waals surface area (Å²) < 4.78 is 28.1. The average Bonchev–Trinajstić information content (AvgIpc) is 2.51. The van der Waals surface area contributed by atoms with Crippen LogP contribution in [0.15, 0.2) is 4.90 Å². The van der Waals surface area contributed by atoms with Crippen LogP contribution in [0.3, 0.4) is 0 Å². The van der Waals surface area contributed by atoms with Crippen molar-refractivity contribution < 1.29 is 8.42 Å². The minimum atomic E-state index is -3.44. The highest BCUT2D eigenvalue weighted by Crippen LogP contribution is 2.33. The van der Waals surface area contributed by atoms with Gasteiger partial charge in [0.2, 0.25) is 10.0 Å². The second-order valence-electron chi connectivity index (χ2n) is 7.05. The van der Waals surface area contributed by atoms with Crippen LogP contribution in [0.25, 0.3) is 0 Å². The lowest BCUT2D eigenvalue weighted by Gasteiger charge is -2.34. The molecule has 0 aromatic heterocycles. The number of nitrogens with two attached hydrogens (primary N) is 1. The molecule has 1 aromatic rings. The normalized spacial score (nSPS) is 18.3. The zero-order valence-electron chi connectivity index (χ0n) is 15.6. The summed E-state index contributed by atoms with van der Waals surface area (Å²) in [5.74, 6) is 0.421. The maximum Gasteiger partial charge on any atom is 0.243 e. The molecule has 1 aliphatic rings. The van der Waals surface area contributed by atoms with Gasteiger partial charge in [-0.25, -0.2) is 8.42 Å². The van der Waals surface area contributed by atoms with Crippen molar-refractivity contribution in [1.29, 1.82) is 0 Å². The quantitative estimate of drug-likeness (QED) is 0.881. The highest BCUT2D eigenvalue weighted by atomic mass is 35.5. The second-order valence-corrected chi connectivity index (χ2v) is 8.93. The van der Waals surface area contributed by atoms with E-state index < -0.39 is 10.0 Å². The van der Waals surface area contributed by atoms with Crippen LogP contribution in [0.2, 0.25) is 0 Å². The first-order chi connectivity index (χ1) is 10.6. The molecule has 1 fully saturated rings. The monoisotopic (exact) mass is 374 g/mol. The second kappa shape index (κ2) is 7.73. The van der Waals surface area contributed by atoms with Crippen LogP contribution in [0.4, 0.5) is 0 Å². The summed E-state index contributed by atoms with van der Waals surface area (Å²) in [5, 5.41) is 0. The molecule has 1 aromatic carbocycles. The Morgan fingerprint density at radius 1 is 0.917 bits per heavy atom. The molecule has 6 heteroatoms. The maximum atomic E-state index is 13.2. The van der Waals surface area contributed by atoms with Crippen molar-refractivity contribution in [3.63, 3.8) is 0 Å². The number of piperidine rings is 1. The van der Waals surface area contributed by atoms with E-state index in [1.807, 2.05) is 34.6 Å². The van der Waals surface area contributed by atoms with Crippen LogP contribution in [0.1, 0.15) is 47.6 Å². The molecule has 138 valence electrons. The molecule has 1 unspecified atom stereocenters. The number of nitrogens with zero attached hydrogens (tertiary/aromatic N) is 1. The lowest BCUT2D eigenvalue weighted by atomic mass is 9.92. The van der Waals surface area contributed by atoms with Crippen molar-refractivity contribution in [2.24, 2.45) is 11.7 Å². The number of halogens is 1. The van der Waals surface area contributed by atoms with E-state index in [-0.39, 0.29) is 18.4 Å². The Morgan fingerprint density at radius 3 is 1.67 bits per heavy atom. The van der Waals surface area contributed by atoms with E-state index in [9.17, 15) is 8.42 Å². The number of benzene rings is 1. The molecule has 0 aliphatic carbocycles. The number of rotatable bonds is 3. The van der Waals surface area contributed by atoms with Crippen LogP contribution in [-0.4, -0.2) is 31.9 Å². The molecular formula is C18H31ClN2O2S. The van der Waals surface area contributed by atoms with Crippen LogP contribution >= 0.6 is 12.4 Å². The van der Waals surface area contributed by atoms with Crippen LogP contribution < -0.4 is 5.73 Å². The fourth-order valence-electron chi connectivity index (χ4n) is 3.62. The third kappa shape index (κ3) is 3.64. The van der Waals surface area contributed by atoms with E-state index in [4.69, 9.17) is 5.73 Å². The lowest BCUT2D eigenvalue weighted by molar-refractivity contribution is 0.250. The molecule has 2 rings (SSSR count). The number of hydrogen-bond donors (Lipinski definition) is 1. The molecule has 0 spiro atoms. The standard InChI is InChI=1S/C18H30N2O2S.ClH/c1-11-12(2)14(4)18(15(5)13(11)3)23(21,22)20-9-7-17(8-10-20)16(6)19;/h16-17H,7-10,19H2,1-6H3;1H. The van der Waals surface area contributed by atoms with Gasteiger partial charge in [-0.15, -0.1) is 12.4 Å². The molecule has 1 heterocycles. The van der Waals surface area contributed by atoms with Gasteiger partial charge in [-0.2, -0.15) is 4.31 Å². The van der Waals surface area contributed by atoms with E-state index >= 15 is 0 Å². The Kier molecular flexibility index (Phi) is 6.90. The summed E-state index contributed by atoms with van der Waals surface area (Å²) in [7, 11) is -3.44. The first kappa shape index (κ1) is 21.4. The lowest BCUT2D eigenvalue weighted by Crippen LogP contribution is -2.42. The van der Waals surface area contributed by atoms with Gasteiger partial charge in [0.1, 0.15) is 0 Å². The summed E-state index contributed by atoms with van der Waals surface area (Å²) >= 11 is 0. The molecule has 2 N–H and O–H groups in total. The smallest absolute Gasteiger partial charge is 0.243 e. The van der Waals surface area contributed by atoms with Crippen LogP contribution in [0.5, 0.6) is 0 Å². The molecule has 0 saturated carbocycles. The summed E-state index contributed by atoms with van der Waals surface area (Å²) in [6.07, 6.45) is 1.69. The van der Waals surface area contributed by atoms with Crippen molar-refractivity contribution in [3.05, 3.63) is 27.8 Å². The molecule has 4 nitrogen and oxygen atoms in total. The molecule has 0 amide bonds. The molecule has 24 heavy (non-hydrogen) atoms. The van der Waals surface area contributed by atoms with Gasteiger partial charge in [0.05, 0.1) is 4.90 Å². The third-order valence-corrected chi connectivity index (χ3v) is 7.94. The fraction of sp³-hybridized carbons (Fsp3) is 0.667. The molecule has 1 saturated heterocycles. The Bertz CT molecular complexity index is 677. The fourth-order valence-corrected chi connectivity index (χ4v) is 5.65. The van der Waals surface area contributed by atoms with Gasteiger partial charge in [-0.3, -0.25) is 0 Å². The zero-order chi connectivity index (χ0) is 17.5. The van der Waals surface area contributed by atoms with E-state index in [0.29, 0.717) is 23.9 Å². The molecular weight excluding hydrogens is 344 g/mol. The van der Waals surface area contributed by atoms with Gasteiger partial charge in [0.25, 0.3) is 0 Å². The first-order valence-electron chi connectivity index (χ1n) is 8.41. The Hall–Kier alpha value is -0.620. The average molecular weight is 375 g/mol. The SMILES string of the molecule is Cc1c(C)c(C)c(S(=O)(=O)N2CCC(C(C)N)CC2)c(C)c1C.Cl. The minimum Gasteiger partial charge on any atom is -0.328 e. The Labute approximate surface area is 153 Å². The van der Waals surface area contributed by atoms with Crippen LogP contribution in [-0.2, 0) is 10.0 Å². The first-order valence-corrected chi connectivity index (χ1v) is 9.85. The van der Waals surface area contributed by atoms with E-state index in [1.165, 1.54) is 5.56 Å². The van der Waals surface area contributed by atoms with Gasteiger partial charge in [0.15, 0.2) is 0 Å². The third-order valence-electron chi connectivity index (χ3n) is 5.77. The van der Waals surface area contributed by atoms with Crippen molar-refractivity contribution in [3.8, 4) is 0 Å². The van der Waals surface area contributed by atoms with E-state index in [0.717, 1.165) is 35.1 Å². The molecule has 0 bridgehead atoms. The summed E-state index contributed by atoms with van der Waals surface area (Å²) in [6, 6.07) is 0.132.